The Kier molecular flexibility index (Phi) is 1.94. The Morgan fingerprint density at radius 3 is 3.00 bits per heavy atom. The molecule has 2 aromatic heterocycles. The number of aldehydes is 1. The Hall–Kier alpha value is -1.49. The van der Waals surface area contributed by atoms with Crippen molar-refractivity contribution in [1.82, 2.24) is 14.8 Å². The van der Waals surface area contributed by atoms with E-state index in [1.807, 2.05) is 19.3 Å². The molecule has 0 aliphatic rings. The third kappa shape index (κ3) is 1.50. The van der Waals surface area contributed by atoms with Gasteiger partial charge in [0.05, 0.1) is 4.88 Å². The van der Waals surface area contributed by atoms with Crippen molar-refractivity contribution in [3.63, 3.8) is 0 Å². The molecule has 0 amide bonds. The van der Waals surface area contributed by atoms with E-state index in [-0.39, 0.29) is 0 Å². The van der Waals surface area contributed by atoms with Crippen LogP contribution in [0.5, 0.6) is 0 Å². The van der Waals surface area contributed by atoms with Crippen LogP contribution in [0, 0.1) is 0 Å². The van der Waals surface area contributed by atoms with Crippen LogP contribution in [0.2, 0.25) is 0 Å². The van der Waals surface area contributed by atoms with Crippen LogP contribution in [0.25, 0.3) is 10.7 Å². The Morgan fingerprint density at radius 2 is 2.46 bits per heavy atom. The summed E-state index contributed by atoms with van der Waals surface area (Å²) in [7, 11) is 1.84. The highest BCUT2D eigenvalue weighted by atomic mass is 32.1. The Labute approximate surface area is 78.8 Å². The Bertz CT molecular complexity index is 432. The van der Waals surface area contributed by atoms with Crippen molar-refractivity contribution >= 4 is 17.6 Å². The molecule has 0 unspecified atom stereocenters. The van der Waals surface area contributed by atoms with Crippen molar-refractivity contribution in [3.8, 4) is 10.7 Å². The molecule has 0 fully saturated rings. The first-order chi connectivity index (χ1) is 6.29. The minimum Gasteiger partial charge on any atom is -0.297 e. The van der Waals surface area contributed by atoms with Gasteiger partial charge in [0.25, 0.3) is 0 Å². The highest BCUT2D eigenvalue weighted by molar-refractivity contribution is 7.16. The molecule has 2 rings (SSSR count). The number of carbonyl (C=O) groups excluding carboxylic acids is 1. The van der Waals surface area contributed by atoms with Crippen LogP contribution in [0.4, 0.5) is 0 Å². The number of aryl methyl sites for hydroxylation is 1. The quantitative estimate of drug-likeness (QED) is 0.676. The van der Waals surface area contributed by atoms with Crippen LogP contribution in [-0.4, -0.2) is 21.1 Å². The summed E-state index contributed by atoms with van der Waals surface area (Å²) in [5.74, 6) is 0. The highest BCUT2D eigenvalue weighted by Crippen LogP contribution is 2.21. The fourth-order valence-corrected chi connectivity index (χ4v) is 1.68. The summed E-state index contributed by atoms with van der Waals surface area (Å²) in [4.78, 5) is 15.1. The molecular weight excluding hydrogens is 186 g/mol. The van der Waals surface area contributed by atoms with Crippen molar-refractivity contribution in [2.24, 2.45) is 7.05 Å². The van der Waals surface area contributed by atoms with Crippen LogP contribution in [0.1, 0.15) is 9.67 Å². The van der Waals surface area contributed by atoms with Gasteiger partial charge in [-0.3, -0.25) is 9.48 Å². The van der Waals surface area contributed by atoms with E-state index in [4.69, 9.17) is 0 Å². The third-order valence-electron chi connectivity index (χ3n) is 1.57. The number of rotatable bonds is 2. The molecule has 2 aromatic rings. The van der Waals surface area contributed by atoms with E-state index in [1.54, 1.807) is 10.9 Å². The largest absolute Gasteiger partial charge is 0.297 e. The number of hydrogen-bond donors (Lipinski definition) is 0. The van der Waals surface area contributed by atoms with Crippen LogP contribution in [0.3, 0.4) is 0 Å². The van der Waals surface area contributed by atoms with Crippen molar-refractivity contribution in [1.29, 1.82) is 0 Å². The van der Waals surface area contributed by atoms with Gasteiger partial charge in [0.1, 0.15) is 10.7 Å². The summed E-state index contributed by atoms with van der Waals surface area (Å²) in [5, 5.41) is 4.96. The van der Waals surface area contributed by atoms with Crippen LogP contribution in [-0.2, 0) is 7.05 Å². The molecule has 0 radical (unpaired) electrons. The molecule has 0 N–H and O–H groups in total. The number of carbonyl (C=O) groups is 1. The monoisotopic (exact) mass is 193 g/mol. The zero-order chi connectivity index (χ0) is 9.26. The van der Waals surface area contributed by atoms with E-state index in [2.05, 4.69) is 10.1 Å². The van der Waals surface area contributed by atoms with Gasteiger partial charge < -0.3 is 0 Å². The van der Waals surface area contributed by atoms with E-state index in [9.17, 15) is 4.79 Å². The summed E-state index contributed by atoms with van der Waals surface area (Å²) < 4.78 is 1.71. The molecule has 0 spiro atoms. The Balaban J connectivity index is 2.40. The zero-order valence-corrected chi connectivity index (χ0v) is 7.78. The van der Waals surface area contributed by atoms with E-state index in [0.29, 0.717) is 4.88 Å². The maximum atomic E-state index is 10.4. The summed E-state index contributed by atoms with van der Waals surface area (Å²) >= 11 is 1.34. The summed E-state index contributed by atoms with van der Waals surface area (Å²) in [5.41, 5.74) is 0.806. The molecule has 2 heterocycles. The van der Waals surface area contributed by atoms with Gasteiger partial charge in [-0.1, -0.05) is 0 Å². The molecule has 0 aliphatic heterocycles. The predicted molar refractivity (Wildman–Crippen MR) is 49.7 cm³/mol. The minimum absolute atomic E-state index is 0.626. The van der Waals surface area contributed by atoms with Gasteiger partial charge in [0.15, 0.2) is 6.29 Å². The van der Waals surface area contributed by atoms with Crippen LogP contribution in [0.15, 0.2) is 18.5 Å². The first-order valence-corrected chi connectivity index (χ1v) is 4.52. The minimum atomic E-state index is 0.626. The molecule has 13 heavy (non-hydrogen) atoms. The molecule has 0 aliphatic carbocycles. The van der Waals surface area contributed by atoms with Gasteiger partial charge in [-0.15, -0.1) is 11.3 Å². The molecule has 66 valence electrons. The second-order valence-corrected chi connectivity index (χ2v) is 3.62. The van der Waals surface area contributed by atoms with E-state index < -0.39 is 0 Å². The smallest absolute Gasteiger partial charge is 0.161 e. The maximum absolute atomic E-state index is 10.4. The van der Waals surface area contributed by atoms with Crippen molar-refractivity contribution in [2.75, 3.05) is 0 Å². The molecular formula is C8H7N3OS. The number of thiazole rings is 1. The lowest BCUT2D eigenvalue weighted by Crippen LogP contribution is -1.87. The zero-order valence-electron chi connectivity index (χ0n) is 6.97. The highest BCUT2D eigenvalue weighted by Gasteiger charge is 2.05. The first-order valence-electron chi connectivity index (χ1n) is 3.70. The van der Waals surface area contributed by atoms with Gasteiger partial charge in [-0.2, -0.15) is 5.10 Å². The Morgan fingerprint density at radius 1 is 1.62 bits per heavy atom. The summed E-state index contributed by atoms with van der Waals surface area (Å²) in [6, 6.07) is 1.87. The molecule has 0 atom stereocenters. The number of hydrogen-bond acceptors (Lipinski definition) is 4. The second kappa shape index (κ2) is 3.10. The topological polar surface area (TPSA) is 47.8 Å². The average Bonchev–Trinajstić information content (AvgIpc) is 2.71. The van der Waals surface area contributed by atoms with Gasteiger partial charge in [-0.25, -0.2) is 4.98 Å². The van der Waals surface area contributed by atoms with Crippen molar-refractivity contribution in [2.45, 2.75) is 0 Å². The van der Waals surface area contributed by atoms with Gasteiger partial charge >= 0.3 is 0 Å². The average molecular weight is 193 g/mol. The summed E-state index contributed by atoms with van der Waals surface area (Å²) in [6.07, 6.45) is 4.20. The third-order valence-corrected chi connectivity index (χ3v) is 2.52. The van der Waals surface area contributed by atoms with Gasteiger partial charge in [-0.05, 0) is 6.07 Å². The predicted octanol–water partition coefficient (Wildman–Crippen LogP) is 1.36. The van der Waals surface area contributed by atoms with Gasteiger partial charge in [0.2, 0.25) is 0 Å². The number of nitrogens with zero attached hydrogens (tertiary/aromatic N) is 3. The maximum Gasteiger partial charge on any atom is 0.161 e. The van der Waals surface area contributed by atoms with Crippen LogP contribution >= 0.6 is 11.3 Å². The fraction of sp³-hybridized carbons (Fsp3) is 0.125. The number of aromatic nitrogens is 3. The van der Waals surface area contributed by atoms with Crippen molar-refractivity contribution in [3.05, 3.63) is 23.3 Å². The van der Waals surface area contributed by atoms with Crippen LogP contribution < -0.4 is 0 Å². The van der Waals surface area contributed by atoms with E-state index >= 15 is 0 Å². The standard InChI is InChI=1S/C8H7N3OS/c1-11-3-2-7(10-11)8-9-4-6(5-12)13-8/h2-5H,1H3. The second-order valence-electron chi connectivity index (χ2n) is 2.56. The van der Waals surface area contributed by atoms with E-state index in [1.165, 1.54) is 11.3 Å². The normalized spacial score (nSPS) is 10.2. The summed E-state index contributed by atoms with van der Waals surface area (Å²) in [6.45, 7) is 0. The van der Waals surface area contributed by atoms with Crippen molar-refractivity contribution < 1.29 is 4.79 Å². The lowest BCUT2D eigenvalue weighted by molar-refractivity contribution is 0.112. The first kappa shape index (κ1) is 8.12. The molecule has 0 aromatic carbocycles. The molecule has 0 saturated carbocycles. The molecule has 5 heteroatoms. The molecule has 4 nitrogen and oxygen atoms in total. The lowest BCUT2D eigenvalue weighted by Gasteiger charge is -1.86. The fourth-order valence-electron chi connectivity index (χ4n) is 0.989. The SMILES string of the molecule is Cn1ccc(-c2ncc(C=O)s2)n1. The van der Waals surface area contributed by atoms with E-state index in [0.717, 1.165) is 17.0 Å². The molecule has 0 saturated heterocycles. The lowest BCUT2D eigenvalue weighted by atomic mass is 10.5. The molecule has 0 bridgehead atoms. The van der Waals surface area contributed by atoms with Gasteiger partial charge in [0, 0.05) is 19.4 Å².